The number of hydrogen-bond acceptors (Lipinski definition) is 7. The van der Waals surface area contributed by atoms with Crippen LogP contribution in [0.25, 0.3) is 0 Å². The molecule has 2 aromatic heterocycles. The summed E-state index contributed by atoms with van der Waals surface area (Å²) in [5.41, 5.74) is -0.0501. The predicted octanol–water partition coefficient (Wildman–Crippen LogP) is 2.19. The fourth-order valence-electron chi connectivity index (χ4n) is 3.40. The molecule has 2 heterocycles. The van der Waals surface area contributed by atoms with E-state index in [9.17, 15) is 9.59 Å². The van der Waals surface area contributed by atoms with Gasteiger partial charge in [0.2, 0.25) is 11.7 Å². The molecule has 1 saturated carbocycles. The molecule has 0 unspecified atom stereocenters. The van der Waals surface area contributed by atoms with E-state index in [1.807, 2.05) is 11.9 Å². The molecule has 9 nitrogen and oxygen atoms in total. The van der Waals surface area contributed by atoms with Crippen molar-refractivity contribution in [1.29, 1.82) is 0 Å². The lowest BCUT2D eigenvalue weighted by Crippen LogP contribution is -2.39. The molecule has 27 heavy (non-hydrogen) atoms. The van der Waals surface area contributed by atoms with Crippen molar-refractivity contribution in [1.82, 2.24) is 14.7 Å². The Kier molecular flexibility index (Phi) is 5.78. The Bertz CT molecular complexity index is 840. The van der Waals surface area contributed by atoms with Gasteiger partial charge in [-0.1, -0.05) is 24.4 Å². The molecule has 0 aliphatic heterocycles. The predicted molar refractivity (Wildman–Crippen MR) is 100 cm³/mol. The van der Waals surface area contributed by atoms with Crippen LogP contribution in [0.15, 0.2) is 21.8 Å². The van der Waals surface area contributed by atoms with Crippen molar-refractivity contribution in [3.8, 4) is 5.75 Å². The van der Waals surface area contributed by atoms with E-state index in [0.29, 0.717) is 17.7 Å². The van der Waals surface area contributed by atoms with E-state index >= 15 is 0 Å². The smallest absolute Gasteiger partial charge is 0.297 e. The van der Waals surface area contributed by atoms with E-state index in [2.05, 4.69) is 15.5 Å². The van der Waals surface area contributed by atoms with Gasteiger partial charge in [0.15, 0.2) is 5.69 Å². The van der Waals surface area contributed by atoms with Gasteiger partial charge in [-0.05, 0) is 19.8 Å². The SMILES string of the molecule is CCOc1c(C(=O)Nc2cnoc2)nc(N(C)C2CCCCC2)n(C)c1=O. The summed E-state index contributed by atoms with van der Waals surface area (Å²) >= 11 is 0. The van der Waals surface area contributed by atoms with Crippen LogP contribution < -0.4 is 20.5 Å². The first-order chi connectivity index (χ1) is 13.0. The van der Waals surface area contributed by atoms with Gasteiger partial charge in [-0.2, -0.15) is 0 Å². The Hall–Kier alpha value is -2.84. The van der Waals surface area contributed by atoms with E-state index in [0.717, 1.165) is 25.7 Å². The zero-order valence-electron chi connectivity index (χ0n) is 15.9. The highest BCUT2D eigenvalue weighted by Gasteiger charge is 2.27. The van der Waals surface area contributed by atoms with Crippen LogP contribution in [0.5, 0.6) is 5.75 Å². The van der Waals surface area contributed by atoms with Gasteiger partial charge in [-0.25, -0.2) is 4.98 Å². The standard InChI is InChI=1S/C18H25N5O4/c1-4-26-15-14(16(24)20-12-10-19-27-11-12)21-18(23(3)17(15)25)22(2)13-8-6-5-7-9-13/h10-11,13H,4-9H2,1-3H3,(H,20,24). The van der Waals surface area contributed by atoms with Crippen molar-refractivity contribution in [2.75, 3.05) is 23.9 Å². The second-order valence-corrected chi connectivity index (χ2v) is 6.66. The summed E-state index contributed by atoms with van der Waals surface area (Å²) in [6, 6.07) is 0.295. The third kappa shape index (κ3) is 3.96. The lowest BCUT2D eigenvalue weighted by molar-refractivity contribution is 0.101. The summed E-state index contributed by atoms with van der Waals surface area (Å²) in [5.74, 6) is -0.154. The molecular formula is C18H25N5O4. The van der Waals surface area contributed by atoms with E-state index in [-0.39, 0.29) is 23.6 Å². The molecule has 9 heteroatoms. The minimum atomic E-state index is -0.544. The van der Waals surface area contributed by atoms with E-state index in [1.165, 1.54) is 23.4 Å². The van der Waals surface area contributed by atoms with Crippen LogP contribution in [0.1, 0.15) is 49.5 Å². The molecule has 0 bridgehead atoms. The molecule has 0 aromatic carbocycles. The second-order valence-electron chi connectivity index (χ2n) is 6.66. The van der Waals surface area contributed by atoms with Gasteiger partial charge in [-0.3, -0.25) is 14.2 Å². The number of nitrogens with one attached hydrogen (secondary N) is 1. The molecule has 146 valence electrons. The highest BCUT2D eigenvalue weighted by atomic mass is 16.5. The number of rotatable bonds is 6. The zero-order chi connectivity index (χ0) is 19.4. The minimum absolute atomic E-state index is 0.0428. The summed E-state index contributed by atoms with van der Waals surface area (Å²) in [6.45, 7) is 2.01. The Morgan fingerprint density at radius 1 is 1.41 bits per heavy atom. The Morgan fingerprint density at radius 3 is 2.78 bits per heavy atom. The first-order valence-electron chi connectivity index (χ1n) is 9.20. The third-order valence-corrected chi connectivity index (χ3v) is 4.86. The van der Waals surface area contributed by atoms with Crippen molar-refractivity contribution >= 4 is 17.5 Å². The first kappa shape index (κ1) is 18.9. The number of hydrogen-bond donors (Lipinski definition) is 1. The molecule has 1 aliphatic rings. The van der Waals surface area contributed by atoms with Gasteiger partial charge in [0.25, 0.3) is 11.5 Å². The second kappa shape index (κ2) is 8.24. The number of aromatic nitrogens is 3. The maximum absolute atomic E-state index is 12.9. The number of nitrogens with zero attached hydrogens (tertiary/aromatic N) is 4. The molecule has 1 N–H and O–H groups in total. The summed E-state index contributed by atoms with van der Waals surface area (Å²) in [7, 11) is 3.56. The number of amides is 1. The Labute approximate surface area is 157 Å². The van der Waals surface area contributed by atoms with Crippen LogP contribution in [0.3, 0.4) is 0 Å². The Balaban J connectivity index is 2.00. The highest BCUT2D eigenvalue weighted by molar-refractivity contribution is 6.04. The summed E-state index contributed by atoms with van der Waals surface area (Å²) in [5, 5.41) is 6.18. The van der Waals surface area contributed by atoms with E-state index < -0.39 is 5.91 Å². The lowest BCUT2D eigenvalue weighted by atomic mass is 9.95. The fourth-order valence-corrected chi connectivity index (χ4v) is 3.40. The van der Waals surface area contributed by atoms with Gasteiger partial charge in [-0.15, -0.1) is 0 Å². The van der Waals surface area contributed by atoms with Crippen molar-refractivity contribution in [2.24, 2.45) is 7.05 Å². The summed E-state index contributed by atoms with van der Waals surface area (Å²) < 4.78 is 11.6. The number of carbonyl (C=O) groups is 1. The van der Waals surface area contributed by atoms with E-state index in [4.69, 9.17) is 9.26 Å². The van der Waals surface area contributed by atoms with Crippen molar-refractivity contribution in [3.05, 3.63) is 28.5 Å². The topological polar surface area (TPSA) is 102 Å². The maximum Gasteiger partial charge on any atom is 0.297 e. The normalized spacial score (nSPS) is 14.8. The lowest BCUT2D eigenvalue weighted by Gasteiger charge is -2.33. The van der Waals surface area contributed by atoms with Crippen LogP contribution in [0.2, 0.25) is 0 Å². The molecular weight excluding hydrogens is 350 g/mol. The number of carbonyl (C=O) groups excluding carboxylic acids is 1. The van der Waals surface area contributed by atoms with Gasteiger partial charge >= 0.3 is 0 Å². The van der Waals surface area contributed by atoms with Crippen molar-refractivity contribution in [2.45, 2.75) is 45.1 Å². The number of ether oxygens (including phenoxy) is 1. The molecule has 2 aromatic rings. The van der Waals surface area contributed by atoms with Gasteiger partial charge in [0.1, 0.15) is 12.0 Å². The highest BCUT2D eigenvalue weighted by Crippen LogP contribution is 2.26. The summed E-state index contributed by atoms with van der Waals surface area (Å²) in [4.78, 5) is 32.1. The number of anilines is 2. The molecule has 1 aliphatic carbocycles. The molecule has 3 rings (SSSR count). The monoisotopic (exact) mass is 375 g/mol. The van der Waals surface area contributed by atoms with Crippen LogP contribution in [-0.4, -0.2) is 40.3 Å². The molecule has 0 radical (unpaired) electrons. The van der Waals surface area contributed by atoms with Crippen LogP contribution in [0.4, 0.5) is 11.6 Å². The summed E-state index contributed by atoms with van der Waals surface area (Å²) in [6.07, 6.45) is 8.29. The minimum Gasteiger partial charge on any atom is -0.486 e. The Morgan fingerprint density at radius 2 is 2.15 bits per heavy atom. The largest absolute Gasteiger partial charge is 0.486 e. The average Bonchev–Trinajstić information content (AvgIpc) is 3.19. The van der Waals surface area contributed by atoms with E-state index in [1.54, 1.807) is 14.0 Å². The fraction of sp³-hybridized carbons (Fsp3) is 0.556. The van der Waals surface area contributed by atoms with Crippen LogP contribution in [0, 0.1) is 0 Å². The van der Waals surface area contributed by atoms with Crippen molar-refractivity contribution < 1.29 is 14.1 Å². The molecule has 1 fully saturated rings. The van der Waals surface area contributed by atoms with Gasteiger partial charge in [0.05, 0.1) is 12.8 Å². The average molecular weight is 375 g/mol. The molecule has 1 amide bonds. The zero-order valence-corrected chi connectivity index (χ0v) is 15.9. The van der Waals surface area contributed by atoms with Crippen LogP contribution >= 0.6 is 0 Å². The quantitative estimate of drug-likeness (QED) is 0.825. The molecule has 0 saturated heterocycles. The first-order valence-corrected chi connectivity index (χ1v) is 9.20. The third-order valence-electron chi connectivity index (χ3n) is 4.86. The van der Waals surface area contributed by atoms with Gasteiger partial charge < -0.3 is 19.5 Å². The van der Waals surface area contributed by atoms with Crippen molar-refractivity contribution in [3.63, 3.8) is 0 Å². The molecule has 0 spiro atoms. The maximum atomic E-state index is 12.9. The molecule has 0 atom stereocenters. The van der Waals surface area contributed by atoms with Crippen LogP contribution in [-0.2, 0) is 7.05 Å². The van der Waals surface area contributed by atoms with Gasteiger partial charge in [0, 0.05) is 20.1 Å².